The summed E-state index contributed by atoms with van der Waals surface area (Å²) in [6, 6.07) is 9.67. The highest BCUT2D eigenvalue weighted by atomic mass is 19.1. The van der Waals surface area contributed by atoms with Gasteiger partial charge in [-0.3, -0.25) is 9.59 Å². The Balaban J connectivity index is 1.40. The average molecular weight is 424 g/mol. The van der Waals surface area contributed by atoms with Crippen LogP contribution >= 0.6 is 0 Å². The Morgan fingerprint density at radius 2 is 2.00 bits per heavy atom. The van der Waals surface area contributed by atoms with Crippen LogP contribution in [0.15, 0.2) is 36.4 Å². The number of ketones is 1. The van der Waals surface area contributed by atoms with Crippen LogP contribution in [0, 0.1) is 18.7 Å². The van der Waals surface area contributed by atoms with E-state index in [0.717, 1.165) is 17.5 Å². The molecule has 0 aliphatic heterocycles. The molecule has 31 heavy (non-hydrogen) atoms. The van der Waals surface area contributed by atoms with Gasteiger partial charge < -0.3 is 15.4 Å². The minimum atomic E-state index is -0.506. The summed E-state index contributed by atoms with van der Waals surface area (Å²) in [6.45, 7) is 1.89. The highest BCUT2D eigenvalue weighted by Crippen LogP contribution is 2.34. The van der Waals surface area contributed by atoms with Crippen LogP contribution < -0.4 is 10.6 Å². The third-order valence-corrected chi connectivity index (χ3v) is 6.02. The van der Waals surface area contributed by atoms with E-state index in [0.29, 0.717) is 42.5 Å². The second-order valence-corrected chi connectivity index (χ2v) is 8.27. The first-order valence-electron chi connectivity index (χ1n) is 10.5. The lowest BCUT2D eigenvalue weighted by molar-refractivity contribution is -0.117. The van der Waals surface area contributed by atoms with E-state index in [1.54, 1.807) is 25.1 Å². The van der Waals surface area contributed by atoms with Crippen LogP contribution in [0.2, 0.25) is 0 Å². The lowest BCUT2D eigenvalue weighted by Crippen LogP contribution is -2.29. The molecule has 7 heteroatoms. The molecule has 162 valence electrons. The number of carbonyl (C=O) groups excluding carboxylic acids is 3. The smallest absolute Gasteiger partial charge is 0.407 e. The van der Waals surface area contributed by atoms with Crippen molar-refractivity contribution in [2.75, 3.05) is 11.9 Å². The van der Waals surface area contributed by atoms with Crippen LogP contribution in [0.25, 0.3) is 0 Å². The molecule has 2 aromatic carbocycles. The number of alkyl carbamates (subject to hydrolysis) is 1. The number of benzene rings is 2. The van der Waals surface area contributed by atoms with Crippen LogP contribution in [0.5, 0.6) is 0 Å². The van der Waals surface area contributed by atoms with Gasteiger partial charge in [0.1, 0.15) is 11.6 Å². The molecule has 0 unspecified atom stereocenters. The van der Waals surface area contributed by atoms with Gasteiger partial charge in [-0.05, 0) is 67.1 Å². The number of halogens is 1. The molecule has 2 N–H and O–H groups in total. The van der Waals surface area contributed by atoms with E-state index >= 15 is 0 Å². The first kappa shape index (κ1) is 21.0. The molecule has 0 aromatic heterocycles. The van der Waals surface area contributed by atoms with Crippen molar-refractivity contribution in [3.8, 4) is 0 Å². The topological polar surface area (TPSA) is 84.5 Å². The number of carbonyl (C=O) groups is 3. The maximum absolute atomic E-state index is 13.5. The summed E-state index contributed by atoms with van der Waals surface area (Å²) in [4.78, 5) is 36.4. The summed E-state index contributed by atoms with van der Waals surface area (Å²) in [7, 11) is 0. The second-order valence-electron chi connectivity index (χ2n) is 8.27. The summed E-state index contributed by atoms with van der Waals surface area (Å²) in [5.41, 5.74) is 3.33. The molecule has 0 spiro atoms. The molecular weight excluding hydrogens is 399 g/mol. The van der Waals surface area contributed by atoms with Crippen molar-refractivity contribution in [1.82, 2.24) is 5.32 Å². The number of hydrogen-bond acceptors (Lipinski definition) is 4. The van der Waals surface area contributed by atoms with Gasteiger partial charge in [0.15, 0.2) is 0 Å². The van der Waals surface area contributed by atoms with Crippen molar-refractivity contribution in [2.45, 2.75) is 45.1 Å². The van der Waals surface area contributed by atoms with E-state index in [2.05, 4.69) is 10.6 Å². The molecule has 6 nitrogen and oxygen atoms in total. The van der Waals surface area contributed by atoms with Gasteiger partial charge in [-0.1, -0.05) is 12.1 Å². The first-order chi connectivity index (χ1) is 14.9. The van der Waals surface area contributed by atoms with E-state index in [9.17, 15) is 18.8 Å². The molecule has 0 radical (unpaired) electrons. The van der Waals surface area contributed by atoms with Crippen molar-refractivity contribution >= 4 is 23.5 Å². The fraction of sp³-hybridized carbons (Fsp3) is 0.375. The van der Waals surface area contributed by atoms with Crippen LogP contribution in [-0.4, -0.2) is 24.4 Å². The number of fused-ring (bicyclic) bond motifs is 1. The largest absolute Gasteiger partial charge is 0.449 e. The standard InChI is InChI=1S/C24H25FN2O4/c1-14-11-16(6-9-21(14)25)26-23(29)20-4-2-3-19-18(20)8-10-22(19)27-24(30)31-13-15-5-7-17(28)12-15/h2-4,6,9,11,15,22H,5,7-8,10,12-13H2,1H3,(H,26,29)(H,27,30)/t15-,22+/m1/s1. The normalized spacial score (nSPS) is 19.7. The molecule has 0 heterocycles. The van der Waals surface area contributed by atoms with Crippen molar-refractivity contribution in [3.05, 3.63) is 64.5 Å². The van der Waals surface area contributed by atoms with Crippen LogP contribution in [0.1, 0.15) is 58.8 Å². The number of amides is 2. The minimum Gasteiger partial charge on any atom is -0.449 e. The summed E-state index contributed by atoms with van der Waals surface area (Å²) in [5, 5.41) is 5.70. The zero-order chi connectivity index (χ0) is 22.0. The highest BCUT2D eigenvalue weighted by Gasteiger charge is 2.29. The van der Waals surface area contributed by atoms with Crippen molar-refractivity contribution in [3.63, 3.8) is 0 Å². The van der Waals surface area contributed by atoms with Gasteiger partial charge in [0, 0.05) is 30.0 Å². The van der Waals surface area contributed by atoms with Gasteiger partial charge in [-0.15, -0.1) is 0 Å². The Morgan fingerprint density at radius 1 is 1.16 bits per heavy atom. The number of anilines is 1. The summed E-state index contributed by atoms with van der Waals surface area (Å²) < 4.78 is 18.8. The third kappa shape index (κ3) is 4.76. The Kier molecular flexibility index (Phi) is 6.02. The van der Waals surface area contributed by atoms with E-state index in [1.165, 1.54) is 12.1 Å². The maximum atomic E-state index is 13.5. The van der Waals surface area contributed by atoms with E-state index in [4.69, 9.17) is 4.74 Å². The zero-order valence-electron chi connectivity index (χ0n) is 17.4. The number of ether oxygens (including phenoxy) is 1. The van der Waals surface area contributed by atoms with Gasteiger partial charge >= 0.3 is 6.09 Å². The lowest BCUT2D eigenvalue weighted by atomic mass is 10.0. The van der Waals surface area contributed by atoms with Gasteiger partial charge in [0.25, 0.3) is 5.91 Å². The van der Waals surface area contributed by atoms with Crippen molar-refractivity contribution < 1.29 is 23.5 Å². The first-order valence-corrected chi connectivity index (χ1v) is 10.5. The van der Waals surface area contributed by atoms with Gasteiger partial charge in [-0.25, -0.2) is 9.18 Å². The quantitative estimate of drug-likeness (QED) is 0.742. The molecule has 2 aromatic rings. The number of Topliss-reactive ketones (excluding diaryl/α,β-unsaturated/α-hetero) is 1. The van der Waals surface area contributed by atoms with Crippen LogP contribution in [0.4, 0.5) is 14.9 Å². The van der Waals surface area contributed by atoms with Gasteiger partial charge in [0.2, 0.25) is 0 Å². The Hall–Kier alpha value is -3.22. The summed E-state index contributed by atoms with van der Waals surface area (Å²) in [5.74, 6) is -0.254. The van der Waals surface area contributed by atoms with E-state index in [1.807, 2.05) is 6.07 Å². The zero-order valence-corrected chi connectivity index (χ0v) is 17.4. The van der Waals surface area contributed by atoms with Gasteiger partial charge in [0.05, 0.1) is 12.6 Å². The fourth-order valence-corrected chi connectivity index (χ4v) is 4.35. The monoisotopic (exact) mass is 424 g/mol. The second kappa shape index (κ2) is 8.88. The molecule has 1 saturated carbocycles. The number of hydrogen-bond donors (Lipinski definition) is 2. The molecule has 4 rings (SSSR count). The Bertz CT molecular complexity index is 1040. The molecule has 1 fully saturated rings. The summed E-state index contributed by atoms with van der Waals surface area (Å²) >= 11 is 0. The van der Waals surface area contributed by atoms with Crippen LogP contribution in [0.3, 0.4) is 0 Å². The number of rotatable bonds is 5. The minimum absolute atomic E-state index is 0.111. The average Bonchev–Trinajstić information content (AvgIpc) is 3.35. The highest BCUT2D eigenvalue weighted by molar-refractivity contribution is 6.05. The predicted octanol–water partition coefficient (Wildman–Crippen LogP) is 4.47. The number of aryl methyl sites for hydroxylation is 1. The number of nitrogens with one attached hydrogen (secondary N) is 2. The molecule has 2 atom stereocenters. The lowest BCUT2D eigenvalue weighted by Gasteiger charge is -2.16. The Labute approximate surface area is 180 Å². The predicted molar refractivity (Wildman–Crippen MR) is 113 cm³/mol. The Morgan fingerprint density at radius 3 is 2.74 bits per heavy atom. The maximum Gasteiger partial charge on any atom is 0.407 e. The molecule has 0 saturated heterocycles. The molecule has 2 amide bonds. The molecule has 2 aliphatic carbocycles. The molecule has 0 bridgehead atoms. The van der Waals surface area contributed by atoms with E-state index in [-0.39, 0.29) is 36.1 Å². The summed E-state index contributed by atoms with van der Waals surface area (Å²) in [6.07, 6.45) is 2.63. The molecular formula is C24H25FN2O4. The van der Waals surface area contributed by atoms with Gasteiger partial charge in [-0.2, -0.15) is 0 Å². The van der Waals surface area contributed by atoms with E-state index < -0.39 is 6.09 Å². The fourth-order valence-electron chi connectivity index (χ4n) is 4.35. The van der Waals surface area contributed by atoms with Crippen molar-refractivity contribution in [1.29, 1.82) is 0 Å². The van der Waals surface area contributed by atoms with Crippen LogP contribution in [-0.2, 0) is 16.0 Å². The third-order valence-electron chi connectivity index (χ3n) is 6.02. The molecule has 2 aliphatic rings. The van der Waals surface area contributed by atoms with Crippen molar-refractivity contribution in [2.24, 2.45) is 5.92 Å². The SMILES string of the molecule is Cc1cc(NC(=O)c2cccc3c2CC[C@@H]3NC(=O)OC[C@@H]2CCC(=O)C2)ccc1F.